The maximum absolute atomic E-state index is 8.68. The molecule has 0 heterocycles. The minimum atomic E-state index is 0.299. The molecule has 0 saturated carbocycles. The Kier molecular flexibility index (Phi) is 7.35. The zero-order valence-electron chi connectivity index (χ0n) is 10.0. The molecule has 0 bridgehead atoms. The Morgan fingerprint density at radius 3 is 2.65 bits per heavy atom. The van der Waals surface area contributed by atoms with Gasteiger partial charge in [-0.3, -0.25) is 0 Å². The van der Waals surface area contributed by atoms with Gasteiger partial charge in [0.2, 0.25) is 0 Å². The third-order valence-electron chi connectivity index (χ3n) is 2.71. The van der Waals surface area contributed by atoms with E-state index in [4.69, 9.17) is 5.11 Å². The SMILES string of the molecule is CC(NCCCCCO)c1ccc(Br)cc1Br. The van der Waals surface area contributed by atoms with E-state index in [1.807, 2.05) is 0 Å². The fourth-order valence-corrected chi connectivity index (χ4v) is 3.09. The maximum atomic E-state index is 8.68. The predicted octanol–water partition coefficient (Wildman–Crippen LogP) is 4.02. The first-order valence-electron chi connectivity index (χ1n) is 5.94. The summed E-state index contributed by atoms with van der Waals surface area (Å²) in [7, 11) is 0. The first-order chi connectivity index (χ1) is 8.15. The summed E-state index contributed by atoms with van der Waals surface area (Å²) in [6.45, 7) is 3.46. The normalized spacial score (nSPS) is 12.7. The number of aliphatic hydroxyl groups excluding tert-OH is 1. The molecule has 96 valence electrons. The summed E-state index contributed by atoms with van der Waals surface area (Å²) >= 11 is 7.03. The van der Waals surface area contributed by atoms with Crippen molar-refractivity contribution in [2.45, 2.75) is 32.2 Å². The van der Waals surface area contributed by atoms with E-state index in [2.05, 4.69) is 62.3 Å². The highest BCUT2D eigenvalue weighted by molar-refractivity contribution is 9.11. The van der Waals surface area contributed by atoms with Crippen molar-refractivity contribution in [2.75, 3.05) is 13.2 Å². The number of halogens is 2. The summed E-state index contributed by atoms with van der Waals surface area (Å²) in [5.74, 6) is 0. The van der Waals surface area contributed by atoms with E-state index >= 15 is 0 Å². The van der Waals surface area contributed by atoms with Crippen molar-refractivity contribution in [1.29, 1.82) is 0 Å². The Morgan fingerprint density at radius 2 is 2.00 bits per heavy atom. The monoisotopic (exact) mass is 363 g/mol. The fourth-order valence-electron chi connectivity index (χ4n) is 1.69. The molecule has 2 N–H and O–H groups in total. The van der Waals surface area contributed by atoms with Crippen molar-refractivity contribution < 1.29 is 5.11 Å². The lowest BCUT2D eigenvalue weighted by Crippen LogP contribution is -2.20. The maximum Gasteiger partial charge on any atom is 0.0431 e. The van der Waals surface area contributed by atoms with Gasteiger partial charge < -0.3 is 10.4 Å². The molecule has 0 aromatic heterocycles. The zero-order chi connectivity index (χ0) is 12.7. The van der Waals surface area contributed by atoms with Crippen LogP contribution in [-0.2, 0) is 0 Å². The first kappa shape index (κ1) is 15.2. The van der Waals surface area contributed by atoms with Gasteiger partial charge in [-0.2, -0.15) is 0 Å². The minimum absolute atomic E-state index is 0.299. The summed E-state index contributed by atoms with van der Waals surface area (Å²) in [5, 5.41) is 12.2. The molecule has 1 aromatic rings. The summed E-state index contributed by atoms with van der Waals surface area (Å²) in [4.78, 5) is 0. The summed E-state index contributed by atoms with van der Waals surface area (Å²) < 4.78 is 2.21. The van der Waals surface area contributed by atoms with Crippen LogP contribution in [0.2, 0.25) is 0 Å². The molecule has 1 rings (SSSR count). The van der Waals surface area contributed by atoms with Crippen molar-refractivity contribution in [3.05, 3.63) is 32.7 Å². The highest BCUT2D eigenvalue weighted by Gasteiger charge is 2.08. The first-order valence-corrected chi connectivity index (χ1v) is 7.53. The van der Waals surface area contributed by atoms with Gasteiger partial charge in [0, 0.05) is 21.6 Å². The van der Waals surface area contributed by atoms with Crippen LogP contribution in [0.4, 0.5) is 0 Å². The average molecular weight is 365 g/mol. The van der Waals surface area contributed by atoms with E-state index < -0.39 is 0 Å². The van der Waals surface area contributed by atoms with Gasteiger partial charge in [-0.15, -0.1) is 0 Å². The predicted molar refractivity (Wildman–Crippen MR) is 79.2 cm³/mol. The quantitative estimate of drug-likeness (QED) is 0.716. The molecule has 1 atom stereocenters. The van der Waals surface area contributed by atoms with Gasteiger partial charge in [0.1, 0.15) is 0 Å². The number of nitrogens with one attached hydrogen (secondary N) is 1. The number of benzene rings is 1. The van der Waals surface area contributed by atoms with Crippen LogP contribution in [0.15, 0.2) is 27.1 Å². The molecule has 0 amide bonds. The number of unbranched alkanes of at least 4 members (excludes halogenated alkanes) is 2. The van der Waals surface area contributed by atoms with Gasteiger partial charge >= 0.3 is 0 Å². The van der Waals surface area contributed by atoms with Crippen molar-refractivity contribution in [3.63, 3.8) is 0 Å². The largest absolute Gasteiger partial charge is 0.396 e. The Labute approximate surface area is 120 Å². The summed E-state index contributed by atoms with van der Waals surface area (Å²) in [6, 6.07) is 6.59. The number of hydrogen-bond acceptors (Lipinski definition) is 2. The number of rotatable bonds is 7. The van der Waals surface area contributed by atoms with Gasteiger partial charge in [-0.25, -0.2) is 0 Å². The molecule has 0 aliphatic carbocycles. The van der Waals surface area contributed by atoms with Crippen molar-refractivity contribution in [1.82, 2.24) is 5.32 Å². The van der Waals surface area contributed by atoms with Crippen LogP contribution in [0.1, 0.15) is 37.8 Å². The van der Waals surface area contributed by atoms with Crippen molar-refractivity contribution in [2.24, 2.45) is 0 Å². The van der Waals surface area contributed by atoms with Crippen LogP contribution in [0.25, 0.3) is 0 Å². The van der Waals surface area contributed by atoms with E-state index in [-0.39, 0.29) is 0 Å². The van der Waals surface area contributed by atoms with Crippen LogP contribution >= 0.6 is 31.9 Å². The van der Waals surface area contributed by atoms with E-state index in [0.717, 1.165) is 34.8 Å². The molecule has 2 nitrogen and oxygen atoms in total. The molecule has 1 aromatic carbocycles. The molecule has 4 heteroatoms. The third kappa shape index (κ3) is 5.51. The second kappa shape index (κ2) is 8.25. The Balaban J connectivity index is 2.38. The third-order valence-corrected chi connectivity index (χ3v) is 3.89. The van der Waals surface area contributed by atoms with Crippen LogP contribution in [-0.4, -0.2) is 18.3 Å². The molecule has 0 radical (unpaired) electrons. The lowest BCUT2D eigenvalue weighted by Gasteiger charge is -2.16. The molecule has 17 heavy (non-hydrogen) atoms. The number of aliphatic hydroxyl groups is 1. The Hall–Kier alpha value is 0.1000. The topological polar surface area (TPSA) is 32.3 Å². The molecule has 0 spiro atoms. The molecular formula is C13H19Br2NO. The second-order valence-corrected chi connectivity index (χ2v) is 5.90. The zero-order valence-corrected chi connectivity index (χ0v) is 13.2. The smallest absolute Gasteiger partial charge is 0.0431 e. The van der Waals surface area contributed by atoms with Crippen LogP contribution in [0, 0.1) is 0 Å². The molecular weight excluding hydrogens is 346 g/mol. The Morgan fingerprint density at radius 1 is 1.24 bits per heavy atom. The van der Waals surface area contributed by atoms with Gasteiger partial charge in [0.05, 0.1) is 0 Å². The lowest BCUT2D eigenvalue weighted by atomic mass is 10.1. The molecule has 0 aliphatic heterocycles. The molecule has 0 fully saturated rings. The van der Waals surface area contributed by atoms with Gasteiger partial charge in [-0.1, -0.05) is 37.9 Å². The fraction of sp³-hybridized carbons (Fsp3) is 0.538. The summed E-state index contributed by atoms with van der Waals surface area (Å²) in [6.07, 6.45) is 3.09. The molecule has 0 saturated heterocycles. The van der Waals surface area contributed by atoms with Crippen LogP contribution in [0.3, 0.4) is 0 Å². The Bertz CT molecular complexity index is 344. The van der Waals surface area contributed by atoms with Crippen molar-refractivity contribution in [3.8, 4) is 0 Å². The highest BCUT2D eigenvalue weighted by Crippen LogP contribution is 2.26. The van der Waals surface area contributed by atoms with E-state index in [0.29, 0.717) is 12.6 Å². The minimum Gasteiger partial charge on any atom is -0.396 e. The second-order valence-electron chi connectivity index (χ2n) is 4.13. The van der Waals surface area contributed by atoms with E-state index in [9.17, 15) is 0 Å². The van der Waals surface area contributed by atoms with Gasteiger partial charge in [0.15, 0.2) is 0 Å². The van der Waals surface area contributed by atoms with Crippen molar-refractivity contribution >= 4 is 31.9 Å². The van der Waals surface area contributed by atoms with Gasteiger partial charge in [0.25, 0.3) is 0 Å². The van der Waals surface area contributed by atoms with E-state index in [1.165, 1.54) is 5.56 Å². The molecule has 1 unspecified atom stereocenters. The van der Waals surface area contributed by atoms with Crippen LogP contribution < -0.4 is 5.32 Å². The van der Waals surface area contributed by atoms with Crippen LogP contribution in [0.5, 0.6) is 0 Å². The van der Waals surface area contributed by atoms with E-state index in [1.54, 1.807) is 0 Å². The number of hydrogen-bond donors (Lipinski definition) is 2. The molecule has 0 aliphatic rings. The highest BCUT2D eigenvalue weighted by atomic mass is 79.9. The van der Waals surface area contributed by atoms with Gasteiger partial charge in [-0.05, 0) is 50.4 Å². The average Bonchev–Trinajstić information content (AvgIpc) is 2.28. The standard InChI is InChI=1S/C13H19Br2NO/c1-10(16-7-3-2-4-8-17)12-6-5-11(14)9-13(12)15/h5-6,9-10,16-17H,2-4,7-8H2,1H3. The summed E-state index contributed by atoms with van der Waals surface area (Å²) in [5.41, 5.74) is 1.27. The lowest BCUT2D eigenvalue weighted by molar-refractivity contribution is 0.282.